The number of likely N-dealkylation sites (tertiary alicyclic amines) is 2. The first-order chi connectivity index (χ1) is 19.0. The molecule has 7 heteroatoms. The van der Waals surface area contributed by atoms with Crippen LogP contribution in [0.25, 0.3) is 0 Å². The van der Waals surface area contributed by atoms with Gasteiger partial charge in [0.2, 0.25) is 11.8 Å². The third-order valence-electron chi connectivity index (χ3n) is 8.93. The predicted octanol–water partition coefficient (Wildman–Crippen LogP) is 4.33. The molecule has 3 heterocycles. The van der Waals surface area contributed by atoms with Gasteiger partial charge in [-0.3, -0.25) is 14.4 Å². The zero-order chi connectivity index (χ0) is 27.2. The van der Waals surface area contributed by atoms with Gasteiger partial charge in [-0.15, -0.1) is 0 Å². The number of carbonyl (C=O) groups excluding carboxylic acids is 3. The second kappa shape index (κ2) is 12.2. The molecule has 0 atom stereocenters. The smallest absolute Gasteiger partial charge is 0.250 e. The summed E-state index contributed by atoms with van der Waals surface area (Å²) < 4.78 is 0. The Kier molecular flexibility index (Phi) is 8.53. The highest BCUT2D eigenvalue weighted by atomic mass is 16.2. The summed E-state index contributed by atoms with van der Waals surface area (Å²) >= 11 is 0. The number of anilines is 1. The standard InChI is InChI=1S/C32H42N4O3/c1-2-3-14-29(37)34-21-17-32(18-22-34)31(39)35(25-36(32)28-12-8-5-9-13-28)24-30(38)33-19-15-27(16-20-33)23-26-10-6-4-7-11-26/h4-13,27H,2-3,14-25H2,1H3. The number of piperidine rings is 2. The number of para-hydroxylation sites is 1. The fourth-order valence-electron chi connectivity index (χ4n) is 6.53. The molecular formula is C32H42N4O3. The lowest BCUT2D eigenvalue weighted by atomic mass is 9.85. The monoisotopic (exact) mass is 530 g/mol. The van der Waals surface area contributed by atoms with E-state index in [9.17, 15) is 14.4 Å². The number of hydrogen-bond acceptors (Lipinski definition) is 4. The van der Waals surface area contributed by atoms with Crippen molar-refractivity contribution in [1.82, 2.24) is 14.7 Å². The van der Waals surface area contributed by atoms with Crippen molar-refractivity contribution >= 4 is 23.4 Å². The molecule has 0 aliphatic carbocycles. The van der Waals surface area contributed by atoms with Crippen LogP contribution in [-0.2, 0) is 20.8 Å². The molecular weight excluding hydrogens is 488 g/mol. The van der Waals surface area contributed by atoms with Gasteiger partial charge >= 0.3 is 0 Å². The Hall–Kier alpha value is -3.35. The molecule has 1 spiro atoms. The lowest BCUT2D eigenvalue weighted by Gasteiger charge is -2.43. The normalized spacial score (nSPS) is 19.7. The van der Waals surface area contributed by atoms with Gasteiger partial charge in [0.25, 0.3) is 5.91 Å². The van der Waals surface area contributed by atoms with Crippen LogP contribution in [0.2, 0.25) is 0 Å². The van der Waals surface area contributed by atoms with Gasteiger partial charge in [0.05, 0.1) is 6.67 Å². The minimum absolute atomic E-state index is 0.0272. The predicted molar refractivity (Wildman–Crippen MR) is 153 cm³/mol. The molecule has 2 aromatic carbocycles. The van der Waals surface area contributed by atoms with Gasteiger partial charge in [-0.25, -0.2) is 0 Å². The Balaban J connectivity index is 1.22. The summed E-state index contributed by atoms with van der Waals surface area (Å²) in [5, 5.41) is 0. The van der Waals surface area contributed by atoms with E-state index in [0.717, 1.165) is 50.9 Å². The molecule has 5 rings (SSSR count). The van der Waals surface area contributed by atoms with Crippen LogP contribution >= 0.6 is 0 Å². The molecule has 0 bridgehead atoms. The van der Waals surface area contributed by atoms with E-state index >= 15 is 0 Å². The topological polar surface area (TPSA) is 64.2 Å². The van der Waals surface area contributed by atoms with Crippen molar-refractivity contribution < 1.29 is 14.4 Å². The molecule has 3 fully saturated rings. The summed E-state index contributed by atoms with van der Waals surface area (Å²) in [6, 6.07) is 20.6. The third kappa shape index (κ3) is 5.97. The Bertz CT molecular complexity index is 1120. The number of unbranched alkanes of at least 4 members (excludes halogenated alkanes) is 1. The van der Waals surface area contributed by atoms with Gasteiger partial charge in [-0.1, -0.05) is 61.9 Å². The number of benzene rings is 2. The lowest BCUT2D eigenvalue weighted by molar-refractivity contribution is -0.142. The van der Waals surface area contributed by atoms with Crippen LogP contribution in [0.15, 0.2) is 60.7 Å². The highest BCUT2D eigenvalue weighted by Crippen LogP contribution is 2.39. The Morgan fingerprint density at radius 1 is 0.846 bits per heavy atom. The SMILES string of the molecule is CCCCC(=O)N1CCC2(CC1)C(=O)N(CC(=O)N1CCC(Cc3ccccc3)CC1)CN2c1ccccc1. The van der Waals surface area contributed by atoms with Crippen LogP contribution in [-0.4, -0.2) is 77.4 Å². The number of amides is 3. The van der Waals surface area contributed by atoms with Crippen molar-refractivity contribution in [2.75, 3.05) is 44.3 Å². The van der Waals surface area contributed by atoms with E-state index in [2.05, 4.69) is 36.1 Å². The summed E-state index contributed by atoms with van der Waals surface area (Å²) in [6.07, 6.45) is 6.70. The van der Waals surface area contributed by atoms with Crippen LogP contribution in [0.3, 0.4) is 0 Å². The number of rotatable bonds is 8. The third-order valence-corrected chi connectivity index (χ3v) is 8.93. The Labute approximate surface area is 232 Å². The highest BCUT2D eigenvalue weighted by Gasteiger charge is 2.54. The summed E-state index contributed by atoms with van der Waals surface area (Å²) in [6.45, 7) is 5.27. The van der Waals surface area contributed by atoms with E-state index in [0.29, 0.717) is 44.9 Å². The van der Waals surface area contributed by atoms with E-state index < -0.39 is 5.54 Å². The number of nitrogens with zero attached hydrogens (tertiary/aromatic N) is 4. The molecule has 0 unspecified atom stereocenters. The molecule has 2 aromatic rings. The molecule has 3 amide bonds. The summed E-state index contributed by atoms with van der Waals surface area (Å²) in [4.78, 5) is 47.9. The number of hydrogen-bond donors (Lipinski definition) is 0. The van der Waals surface area contributed by atoms with Crippen LogP contribution in [0.4, 0.5) is 5.69 Å². The van der Waals surface area contributed by atoms with Crippen molar-refractivity contribution in [2.24, 2.45) is 5.92 Å². The van der Waals surface area contributed by atoms with Gasteiger partial charge < -0.3 is 19.6 Å². The van der Waals surface area contributed by atoms with Gasteiger partial charge in [-0.05, 0) is 62.1 Å². The van der Waals surface area contributed by atoms with Crippen molar-refractivity contribution in [3.05, 3.63) is 66.2 Å². The average Bonchev–Trinajstić information content (AvgIpc) is 3.23. The highest BCUT2D eigenvalue weighted by molar-refractivity contribution is 5.96. The minimum Gasteiger partial charge on any atom is -0.342 e. The lowest BCUT2D eigenvalue weighted by Crippen LogP contribution is -2.57. The van der Waals surface area contributed by atoms with Crippen molar-refractivity contribution in [2.45, 2.75) is 63.8 Å². The summed E-state index contributed by atoms with van der Waals surface area (Å²) in [5.74, 6) is 0.844. The Morgan fingerprint density at radius 3 is 2.10 bits per heavy atom. The van der Waals surface area contributed by atoms with Crippen LogP contribution in [0.5, 0.6) is 0 Å². The quantitative estimate of drug-likeness (QED) is 0.510. The van der Waals surface area contributed by atoms with E-state index in [1.54, 1.807) is 4.90 Å². The van der Waals surface area contributed by atoms with Gasteiger partial charge in [0.1, 0.15) is 12.1 Å². The van der Waals surface area contributed by atoms with Crippen LogP contribution in [0.1, 0.15) is 57.4 Å². The molecule has 0 aromatic heterocycles. The summed E-state index contributed by atoms with van der Waals surface area (Å²) in [5.41, 5.74) is 1.65. The largest absolute Gasteiger partial charge is 0.342 e. The first kappa shape index (κ1) is 27.2. The maximum Gasteiger partial charge on any atom is 0.250 e. The minimum atomic E-state index is -0.703. The van der Waals surface area contributed by atoms with E-state index in [-0.39, 0.29) is 24.3 Å². The average molecular weight is 531 g/mol. The van der Waals surface area contributed by atoms with Crippen LogP contribution < -0.4 is 4.90 Å². The second-order valence-corrected chi connectivity index (χ2v) is 11.4. The fourth-order valence-corrected chi connectivity index (χ4v) is 6.53. The van der Waals surface area contributed by atoms with Crippen molar-refractivity contribution in [3.8, 4) is 0 Å². The van der Waals surface area contributed by atoms with E-state index in [1.807, 2.05) is 46.2 Å². The van der Waals surface area contributed by atoms with Crippen molar-refractivity contribution in [1.29, 1.82) is 0 Å². The number of carbonyl (C=O) groups is 3. The van der Waals surface area contributed by atoms with Crippen LogP contribution in [0, 0.1) is 5.92 Å². The molecule has 3 aliphatic rings. The molecule has 7 nitrogen and oxygen atoms in total. The maximum atomic E-state index is 14.0. The molecule has 39 heavy (non-hydrogen) atoms. The maximum absolute atomic E-state index is 14.0. The molecule has 208 valence electrons. The first-order valence-electron chi connectivity index (χ1n) is 14.7. The molecule has 3 aliphatic heterocycles. The zero-order valence-corrected chi connectivity index (χ0v) is 23.3. The Morgan fingerprint density at radius 2 is 1.46 bits per heavy atom. The molecule has 0 saturated carbocycles. The molecule has 3 saturated heterocycles. The zero-order valence-electron chi connectivity index (χ0n) is 23.3. The van der Waals surface area contributed by atoms with E-state index in [1.165, 1.54) is 5.56 Å². The molecule has 0 N–H and O–H groups in total. The van der Waals surface area contributed by atoms with Gasteiger partial charge in [0.15, 0.2) is 0 Å². The summed E-state index contributed by atoms with van der Waals surface area (Å²) in [7, 11) is 0. The van der Waals surface area contributed by atoms with Gasteiger partial charge in [0, 0.05) is 38.3 Å². The fraction of sp³-hybridized carbons (Fsp3) is 0.531. The first-order valence-corrected chi connectivity index (χ1v) is 14.7. The van der Waals surface area contributed by atoms with Gasteiger partial charge in [-0.2, -0.15) is 0 Å². The van der Waals surface area contributed by atoms with Crippen molar-refractivity contribution in [3.63, 3.8) is 0 Å². The van der Waals surface area contributed by atoms with E-state index in [4.69, 9.17) is 0 Å². The second-order valence-electron chi connectivity index (χ2n) is 11.4. The molecule has 0 radical (unpaired) electrons.